The predicted octanol–water partition coefficient (Wildman–Crippen LogP) is 1.57. The van der Waals surface area contributed by atoms with E-state index < -0.39 is 0 Å². The molecule has 1 amide bonds. The predicted molar refractivity (Wildman–Crippen MR) is 70.1 cm³/mol. The van der Waals surface area contributed by atoms with Crippen LogP contribution in [0.1, 0.15) is 0 Å². The Labute approximate surface area is 104 Å². The standard InChI is InChI=1S/C12H14N2O2S/c1-16-10-4-2-3-8-11(10)13-12(15)9-7-17-6-5-14(8)9/h2-4,9H,5-7H2,1H3,(H,13,15). The summed E-state index contributed by atoms with van der Waals surface area (Å²) in [5.41, 5.74) is 1.89. The summed E-state index contributed by atoms with van der Waals surface area (Å²) in [4.78, 5) is 14.2. The Kier molecular flexibility index (Phi) is 2.63. The van der Waals surface area contributed by atoms with Gasteiger partial charge in [-0.3, -0.25) is 4.79 Å². The average Bonchev–Trinajstić information content (AvgIpc) is 2.39. The van der Waals surface area contributed by atoms with E-state index in [2.05, 4.69) is 10.2 Å². The van der Waals surface area contributed by atoms with Gasteiger partial charge < -0.3 is 15.0 Å². The first kappa shape index (κ1) is 10.8. The molecule has 0 bridgehead atoms. The molecule has 5 heteroatoms. The van der Waals surface area contributed by atoms with E-state index in [4.69, 9.17) is 4.74 Å². The Balaban J connectivity index is 2.08. The number of carbonyl (C=O) groups excluding carboxylic acids is 1. The van der Waals surface area contributed by atoms with Gasteiger partial charge in [0, 0.05) is 18.1 Å². The Hall–Kier alpha value is -1.36. The Morgan fingerprint density at radius 3 is 3.24 bits per heavy atom. The van der Waals surface area contributed by atoms with E-state index in [0.717, 1.165) is 35.2 Å². The number of hydrogen-bond acceptors (Lipinski definition) is 4. The van der Waals surface area contributed by atoms with E-state index in [0.29, 0.717) is 0 Å². The number of rotatable bonds is 1. The van der Waals surface area contributed by atoms with Crippen LogP contribution in [0.25, 0.3) is 0 Å². The fraction of sp³-hybridized carbons (Fsp3) is 0.417. The number of benzene rings is 1. The van der Waals surface area contributed by atoms with Crippen LogP contribution in [0, 0.1) is 0 Å². The minimum atomic E-state index is -0.0339. The first-order chi connectivity index (χ1) is 8.31. The van der Waals surface area contributed by atoms with Crippen molar-refractivity contribution in [1.29, 1.82) is 0 Å². The second-order valence-electron chi connectivity index (χ2n) is 4.13. The molecular weight excluding hydrogens is 236 g/mol. The van der Waals surface area contributed by atoms with Gasteiger partial charge in [-0.25, -0.2) is 0 Å². The van der Waals surface area contributed by atoms with Crippen LogP contribution >= 0.6 is 11.8 Å². The van der Waals surface area contributed by atoms with Gasteiger partial charge >= 0.3 is 0 Å². The zero-order valence-corrected chi connectivity index (χ0v) is 10.4. The van der Waals surface area contributed by atoms with Crippen molar-refractivity contribution in [1.82, 2.24) is 0 Å². The molecule has 0 aliphatic carbocycles. The summed E-state index contributed by atoms with van der Waals surface area (Å²) in [6.45, 7) is 0.920. The van der Waals surface area contributed by atoms with Crippen LogP contribution in [0.15, 0.2) is 18.2 Å². The first-order valence-corrected chi connectivity index (χ1v) is 6.79. The van der Waals surface area contributed by atoms with Crippen LogP contribution in [-0.4, -0.2) is 37.1 Å². The maximum Gasteiger partial charge on any atom is 0.248 e. The summed E-state index contributed by atoms with van der Waals surface area (Å²) in [7, 11) is 1.62. The number of hydrogen-bond donors (Lipinski definition) is 1. The van der Waals surface area contributed by atoms with Crippen LogP contribution in [0.5, 0.6) is 5.75 Å². The molecule has 0 spiro atoms. The molecule has 3 rings (SSSR count). The lowest BCUT2D eigenvalue weighted by Gasteiger charge is -2.41. The molecule has 0 radical (unpaired) electrons. The molecule has 1 fully saturated rings. The molecule has 90 valence electrons. The molecule has 1 N–H and O–H groups in total. The average molecular weight is 250 g/mol. The van der Waals surface area contributed by atoms with Gasteiger partial charge in [0.25, 0.3) is 0 Å². The van der Waals surface area contributed by atoms with Gasteiger partial charge in [-0.1, -0.05) is 6.07 Å². The maximum absolute atomic E-state index is 12.0. The van der Waals surface area contributed by atoms with Crippen LogP contribution in [0.3, 0.4) is 0 Å². The van der Waals surface area contributed by atoms with Gasteiger partial charge in [0.2, 0.25) is 5.91 Å². The number of carbonyl (C=O) groups is 1. The normalized spacial score (nSPS) is 22.5. The maximum atomic E-state index is 12.0. The number of ether oxygens (including phenoxy) is 1. The molecular formula is C12H14N2O2S. The number of nitrogens with one attached hydrogen (secondary N) is 1. The minimum Gasteiger partial charge on any atom is -0.494 e. The highest BCUT2D eigenvalue weighted by molar-refractivity contribution is 7.99. The molecule has 17 heavy (non-hydrogen) atoms. The highest BCUT2D eigenvalue weighted by atomic mass is 32.2. The van der Waals surface area contributed by atoms with Crippen molar-refractivity contribution in [3.05, 3.63) is 18.2 Å². The molecule has 1 saturated heterocycles. The third kappa shape index (κ3) is 1.65. The minimum absolute atomic E-state index is 0.0339. The van der Waals surface area contributed by atoms with E-state index in [1.54, 1.807) is 7.11 Å². The zero-order chi connectivity index (χ0) is 11.8. The van der Waals surface area contributed by atoms with E-state index in [-0.39, 0.29) is 11.9 Å². The summed E-state index contributed by atoms with van der Waals surface area (Å²) in [5.74, 6) is 2.74. The van der Waals surface area contributed by atoms with Gasteiger partial charge in [-0.15, -0.1) is 0 Å². The number of amides is 1. The number of methoxy groups -OCH3 is 1. The smallest absolute Gasteiger partial charge is 0.248 e. The van der Waals surface area contributed by atoms with E-state index in [1.807, 2.05) is 30.0 Å². The highest BCUT2D eigenvalue weighted by Crippen LogP contribution is 2.40. The van der Waals surface area contributed by atoms with E-state index in [9.17, 15) is 4.79 Å². The second kappa shape index (κ2) is 4.14. The van der Waals surface area contributed by atoms with Crippen LogP contribution in [0.2, 0.25) is 0 Å². The largest absolute Gasteiger partial charge is 0.494 e. The second-order valence-corrected chi connectivity index (χ2v) is 5.28. The van der Waals surface area contributed by atoms with Gasteiger partial charge in [-0.05, 0) is 12.1 Å². The number of para-hydroxylation sites is 1. The van der Waals surface area contributed by atoms with Crippen molar-refractivity contribution in [3.8, 4) is 5.75 Å². The monoisotopic (exact) mass is 250 g/mol. The molecule has 0 aromatic heterocycles. The van der Waals surface area contributed by atoms with Gasteiger partial charge in [0.1, 0.15) is 17.5 Å². The Morgan fingerprint density at radius 2 is 2.41 bits per heavy atom. The quantitative estimate of drug-likeness (QED) is 0.821. The van der Waals surface area contributed by atoms with Crippen LogP contribution in [-0.2, 0) is 4.79 Å². The SMILES string of the molecule is COc1cccc2c1NC(=O)C1CSCCN21. The third-order valence-corrected chi connectivity index (χ3v) is 4.24. The molecule has 4 nitrogen and oxygen atoms in total. The number of thioether (sulfide) groups is 1. The Bertz CT molecular complexity index is 464. The summed E-state index contributed by atoms with van der Waals surface area (Å²) in [5, 5.41) is 2.96. The summed E-state index contributed by atoms with van der Waals surface area (Å²) < 4.78 is 5.29. The lowest BCUT2D eigenvalue weighted by Crippen LogP contribution is -2.52. The van der Waals surface area contributed by atoms with Crippen molar-refractivity contribution in [3.63, 3.8) is 0 Å². The molecule has 2 heterocycles. The number of nitrogens with zero attached hydrogens (tertiary/aromatic N) is 1. The third-order valence-electron chi connectivity index (χ3n) is 3.21. The van der Waals surface area contributed by atoms with E-state index >= 15 is 0 Å². The Morgan fingerprint density at radius 1 is 1.53 bits per heavy atom. The lowest BCUT2D eigenvalue weighted by atomic mass is 10.1. The molecule has 1 aromatic rings. The van der Waals surface area contributed by atoms with Crippen molar-refractivity contribution in [2.24, 2.45) is 0 Å². The summed E-state index contributed by atoms with van der Waals surface area (Å²) in [6.07, 6.45) is 0. The van der Waals surface area contributed by atoms with Crippen molar-refractivity contribution in [2.45, 2.75) is 6.04 Å². The summed E-state index contributed by atoms with van der Waals surface area (Å²) in [6, 6.07) is 5.85. The zero-order valence-electron chi connectivity index (χ0n) is 9.60. The molecule has 2 aliphatic rings. The molecule has 1 aromatic carbocycles. The number of fused-ring (bicyclic) bond motifs is 3. The van der Waals surface area contributed by atoms with Crippen LogP contribution < -0.4 is 15.0 Å². The molecule has 2 aliphatic heterocycles. The van der Waals surface area contributed by atoms with Crippen molar-refractivity contribution in [2.75, 3.05) is 35.4 Å². The summed E-state index contributed by atoms with van der Waals surface area (Å²) >= 11 is 1.84. The number of anilines is 2. The van der Waals surface area contributed by atoms with Gasteiger partial charge in [-0.2, -0.15) is 11.8 Å². The van der Waals surface area contributed by atoms with Crippen molar-refractivity contribution < 1.29 is 9.53 Å². The fourth-order valence-corrected chi connectivity index (χ4v) is 3.42. The van der Waals surface area contributed by atoms with Crippen molar-refractivity contribution >= 4 is 29.0 Å². The molecule has 1 unspecified atom stereocenters. The first-order valence-electron chi connectivity index (χ1n) is 5.63. The lowest BCUT2D eigenvalue weighted by molar-refractivity contribution is -0.117. The molecule has 0 saturated carbocycles. The molecule has 1 atom stereocenters. The van der Waals surface area contributed by atoms with Gasteiger partial charge in [0.15, 0.2) is 0 Å². The fourth-order valence-electron chi connectivity index (χ4n) is 2.37. The van der Waals surface area contributed by atoms with Gasteiger partial charge in [0.05, 0.1) is 12.8 Å². The topological polar surface area (TPSA) is 41.6 Å². The van der Waals surface area contributed by atoms with E-state index in [1.165, 1.54) is 0 Å². The van der Waals surface area contributed by atoms with Crippen LogP contribution in [0.4, 0.5) is 11.4 Å². The highest BCUT2D eigenvalue weighted by Gasteiger charge is 2.35.